The van der Waals surface area contributed by atoms with Gasteiger partial charge in [0.25, 0.3) is 5.56 Å². The van der Waals surface area contributed by atoms with Crippen LogP contribution in [0.2, 0.25) is 5.02 Å². The summed E-state index contributed by atoms with van der Waals surface area (Å²) in [6, 6.07) is 6.99. The quantitative estimate of drug-likeness (QED) is 0.546. The van der Waals surface area contributed by atoms with E-state index in [1.165, 1.54) is 12.1 Å². The van der Waals surface area contributed by atoms with Gasteiger partial charge in [-0.15, -0.1) is 0 Å². The number of ether oxygens (including phenoxy) is 1. The van der Waals surface area contributed by atoms with Crippen LogP contribution < -0.4 is 21.5 Å². The van der Waals surface area contributed by atoms with Crippen molar-refractivity contribution in [2.75, 3.05) is 43.1 Å². The first kappa shape index (κ1) is 24.9. The Hall–Kier alpha value is -2.16. The number of hydrogen-bond donors (Lipinski definition) is 2. The molecule has 1 atom stereocenters. The lowest BCUT2D eigenvalue weighted by molar-refractivity contribution is 0.0595. The number of nitrogens with two attached hydrogens (primary N) is 1. The van der Waals surface area contributed by atoms with Crippen molar-refractivity contribution in [1.29, 1.82) is 0 Å². The second kappa shape index (κ2) is 12.0. The maximum absolute atomic E-state index is 13.4. The molecular formula is C25H35ClFN5O2. The van der Waals surface area contributed by atoms with Crippen LogP contribution in [0.1, 0.15) is 51.0 Å². The van der Waals surface area contributed by atoms with Gasteiger partial charge in [-0.3, -0.25) is 4.79 Å². The summed E-state index contributed by atoms with van der Waals surface area (Å²) in [5.41, 5.74) is 7.11. The van der Waals surface area contributed by atoms with Gasteiger partial charge in [0.05, 0.1) is 24.5 Å². The van der Waals surface area contributed by atoms with Gasteiger partial charge in [-0.2, -0.15) is 5.10 Å². The molecule has 1 saturated heterocycles. The molecule has 2 fully saturated rings. The molecule has 2 aromatic rings. The number of rotatable bonds is 9. The van der Waals surface area contributed by atoms with Gasteiger partial charge < -0.3 is 20.7 Å². The molecule has 1 aliphatic carbocycles. The molecule has 7 nitrogen and oxygen atoms in total. The Morgan fingerprint density at radius 2 is 1.97 bits per heavy atom. The van der Waals surface area contributed by atoms with Crippen molar-refractivity contribution in [3.8, 4) is 0 Å². The van der Waals surface area contributed by atoms with Crippen LogP contribution in [0.25, 0.3) is 0 Å². The standard InChI is InChI=1S/C25H35ClFN5O2/c26-24-23(29-15-18-3-1-14-34-17-18)16-30-32(25(24)33)22-10-8-21(9-11-22)31(13-2-12-28)20-6-4-19(27)5-7-20/h4-7,16,18,21-22,29H,1-3,8-15,17,28H2/t18-,21-,22-/m0/s1. The van der Waals surface area contributed by atoms with E-state index >= 15 is 0 Å². The van der Waals surface area contributed by atoms with Crippen LogP contribution in [-0.2, 0) is 4.74 Å². The lowest BCUT2D eigenvalue weighted by Gasteiger charge is -2.38. The lowest BCUT2D eigenvalue weighted by atomic mass is 9.89. The lowest BCUT2D eigenvalue weighted by Crippen LogP contribution is -2.41. The molecule has 0 amide bonds. The third-order valence-corrected chi connectivity index (χ3v) is 7.36. The summed E-state index contributed by atoms with van der Waals surface area (Å²) in [6.45, 7) is 3.72. The van der Waals surface area contributed by atoms with Crippen molar-refractivity contribution in [2.24, 2.45) is 11.7 Å². The zero-order chi connectivity index (χ0) is 23.9. The van der Waals surface area contributed by atoms with E-state index in [-0.39, 0.29) is 22.4 Å². The molecule has 3 N–H and O–H groups in total. The minimum absolute atomic E-state index is 0.0200. The second-order valence-electron chi connectivity index (χ2n) is 9.36. The fraction of sp³-hybridized carbons (Fsp3) is 0.600. The molecule has 9 heteroatoms. The number of nitrogens with zero attached hydrogens (tertiary/aromatic N) is 3. The Morgan fingerprint density at radius 3 is 2.65 bits per heavy atom. The molecule has 0 unspecified atom stereocenters. The predicted molar refractivity (Wildman–Crippen MR) is 134 cm³/mol. The highest BCUT2D eigenvalue weighted by Crippen LogP contribution is 2.33. The van der Waals surface area contributed by atoms with Crippen molar-refractivity contribution in [2.45, 2.75) is 57.0 Å². The topological polar surface area (TPSA) is 85.4 Å². The summed E-state index contributed by atoms with van der Waals surface area (Å²) in [7, 11) is 0. The monoisotopic (exact) mass is 491 g/mol. The van der Waals surface area contributed by atoms with Crippen LogP contribution in [0.5, 0.6) is 0 Å². The van der Waals surface area contributed by atoms with Crippen LogP contribution in [-0.4, -0.2) is 48.7 Å². The third-order valence-electron chi connectivity index (χ3n) is 6.99. The summed E-state index contributed by atoms with van der Waals surface area (Å²) in [4.78, 5) is 15.3. The first-order chi connectivity index (χ1) is 16.6. The molecule has 2 aliphatic rings. The van der Waals surface area contributed by atoms with E-state index in [4.69, 9.17) is 22.1 Å². The molecule has 1 aromatic carbocycles. The molecule has 0 bridgehead atoms. The summed E-state index contributed by atoms with van der Waals surface area (Å²) in [5, 5.41) is 7.95. The van der Waals surface area contributed by atoms with Crippen LogP contribution in [0.4, 0.5) is 15.8 Å². The number of benzene rings is 1. The maximum atomic E-state index is 13.4. The second-order valence-corrected chi connectivity index (χ2v) is 9.74. The van der Waals surface area contributed by atoms with Gasteiger partial charge in [0.2, 0.25) is 0 Å². The normalized spacial score (nSPS) is 23.0. The molecule has 2 heterocycles. The van der Waals surface area contributed by atoms with E-state index in [1.807, 2.05) is 12.1 Å². The Balaban J connectivity index is 1.39. The maximum Gasteiger partial charge on any atom is 0.287 e. The fourth-order valence-corrected chi connectivity index (χ4v) is 5.28. The van der Waals surface area contributed by atoms with Gasteiger partial charge >= 0.3 is 0 Å². The average molecular weight is 492 g/mol. The Kier molecular flexibility index (Phi) is 8.80. The third kappa shape index (κ3) is 6.09. The number of halogens is 2. The van der Waals surface area contributed by atoms with E-state index in [1.54, 1.807) is 10.9 Å². The number of aromatic nitrogens is 2. The molecule has 0 spiro atoms. The molecular weight excluding hydrogens is 457 g/mol. The van der Waals surface area contributed by atoms with Crippen molar-refractivity contribution in [1.82, 2.24) is 9.78 Å². The van der Waals surface area contributed by atoms with Gasteiger partial charge in [0.15, 0.2) is 0 Å². The Bertz CT molecular complexity index is 972. The van der Waals surface area contributed by atoms with E-state index in [2.05, 4.69) is 15.3 Å². The number of nitrogens with one attached hydrogen (secondary N) is 1. The predicted octanol–water partition coefficient (Wildman–Crippen LogP) is 4.21. The summed E-state index contributed by atoms with van der Waals surface area (Å²) in [6.07, 6.45) is 8.22. The molecule has 0 radical (unpaired) electrons. The van der Waals surface area contributed by atoms with Crippen molar-refractivity contribution in [3.05, 3.63) is 51.7 Å². The molecule has 1 saturated carbocycles. The smallest absolute Gasteiger partial charge is 0.287 e. The molecule has 34 heavy (non-hydrogen) atoms. The van der Waals surface area contributed by atoms with Crippen molar-refractivity contribution in [3.63, 3.8) is 0 Å². The highest BCUT2D eigenvalue weighted by atomic mass is 35.5. The van der Waals surface area contributed by atoms with Crippen LogP contribution in [0.3, 0.4) is 0 Å². The zero-order valence-electron chi connectivity index (χ0n) is 19.6. The molecule has 4 rings (SSSR count). The van der Waals surface area contributed by atoms with Gasteiger partial charge in [-0.05, 0) is 81.7 Å². The van der Waals surface area contributed by atoms with E-state index in [9.17, 15) is 9.18 Å². The van der Waals surface area contributed by atoms with Crippen molar-refractivity contribution >= 4 is 23.0 Å². The van der Waals surface area contributed by atoms with Gasteiger partial charge in [0, 0.05) is 31.4 Å². The SMILES string of the molecule is NCCCN(c1ccc(F)cc1)[C@H]1CC[C@H](n2ncc(NC[C@@H]3CCCOC3)c(Cl)c2=O)CC1. The molecule has 1 aromatic heterocycles. The van der Waals surface area contributed by atoms with Crippen LogP contribution in [0, 0.1) is 11.7 Å². The van der Waals surface area contributed by atoms with E-state index in [0.29, 0.717) is 24.2 Å². The Morgan fingerprint density at radius 1 is 1.21 bits per heavy atom. The minimum Gasteiger partial charge on any atom is -0.382 e. The Labute approximate surface area is 205 Å². The summed E-state index contributed by atoms with van der Waals surface area (Å²) < 4.78 is 20.5. The first-order valence-electron chi connectivity index (χ1n) is 12.4. The van der Waals surface area contributed by atoms with E-state index in [0.717, 1.165) is 76.9 Å². The largest absolute Gasteiger partial charge is 0.382 e. The zero-order valence-corrected chi connectivity index (χ0v) is 20.4. The molecule has 1 aliphatic heterocycles. The van der Waals surface area contributed by atoms with Gasteiger partial charge in [-0.1, -0.05) is 11.6 Å². The first-order valence-corrected chi connectivity index (χ1v) is 12.8. The van der Waals surface area contributed by atoms with Gasteiger partial charge in [0.1, 0.15) is 10.8 Å². The summed E-state index contributed by atoms with van der Waals surface area (Å²) in [5.74, 6) is 0.185. The van der Waals surface area contributed by atoms with Gasteiger partial charge in [-0.25, -0.2) is 9.07 Å². The number of anilines is 2. The average Bonchev–Trinajstić information content (AvgIpc) is 2.87. The molecule has 186 valence electrons. The minimum atomic E-state index is -0.242. The van der Waals surface area contributed by atoms with Crippen molar-refractivity contribution < 1.29 is 9.13 Å². The van der Waals surface area contributed by atoms with Crippen LogP contribution >= 0.6 is 11.6 Å². The fourth-order valence-electron chi connectivity index (χ4n) is 5.08. The highest BCUT2D eigenvalue weighted by molar-refractivity contribution is 6.32. The van der Waals surface area contributed by atoms with E-state index < -0.39 is 0 Å². The highest BCUT2D eigenvalue weighted by Gasteiger charge is 2.28. The van der Waals surface area contributed by atoms with Crippen LogP contribution in [0.15, 0.2) is 35.3 Å². The number of hydrogen-bond acceptors (Lipinski definition) is 6. The summed E-state index contributed by atoms with van der Waals surface area (Å²) >= 11 is 6.45.